The van der Waals surface area contributed by atoms with Crippen LogP contribution in [0.1, 0.15) is 114 Å². The molecular formula is C34H49N3O3S. The second kappa shape index (κ2) is 13.5. The third-order valence-corrected chi connectivity index (χ3v) is 11.4. The van der Waals surface area contributed by atoms with Gasteiger partial charge < -0.3 is 10.2 Å². The van der Waals surface area contributed by atoms with Crippen LogP contribution in [0.4, 0.5) is 0 Å². The molecule has 1 aliphatic carbocycles. The first-order valence-corrected chi connectivity index (χ1v) is 17.0. The molecule has 4 fully saturated rings. The lowest BCUT2D eigenvalue weighted by Crippen LogP contribution is -2.52. The van der Waals surface area contributed by atoms with E-state index < -0.39 is 5.92 Å². The van der Waals surface area contributed by atoms with Crippen LogP contribution in [-0.2, 0) is 20.8 Å². The fourth-order valence-corrected chi connectivity index (χ4v) is 8.48. The standard InChI is InChI=1S/C34H49N3O3S/c1-4-27(38)20-26(22-32-35-29-11-10-25(23(2)3)21-30(29)41-32)33(40)36-28(24-8-6-5-7-9-24)12-13-31(39)34-14-17-37(18-15-34)19-16-34/h10-11,21,23-24,26,28H,4-9,12-20,22H2,1-3H3,(H,36,40)/t26-,28+/m0/s1. The molecule has 224 valence electrons. The van der Waals surface area contributed by atoms with Crippen molar-refractivity contribution in [2.45, 2.75) is 116 Å². The van der Waals surface area contributed by atoms with Crippen molar-refractivity contribution < 1.29 is 14.4 Å². The number of Topliss-reactive ketones (excluding diaryl/α,β-unsaturated/α-hetero) is 2. The van der Waals surface area contributed by atoms with Crippen LogP contribution in [0.5, 0.6) is 0 Å². The molecule has 1 amide bonds. The van der Waals surface area contributed by atoms with Crippen LogP contribution in [0.15, 0.2) is 18.2 Å². The summed E-state index contributed by atoms with van der Waals surface area (Å²) in [6, 6.07) is 6.41. The van der Waals surface area contributed by atoms with Crippen molar-refractivity contribution in [3.05, 3.63) is 28.8 Å². The van der Waals surface area contributed by atoms with Gasteiger partial charge in [-0.2, -0.15) is 0 Å². The van der Waals surface area contributed by atoms with Gasteiger partial charge in [-0.25, -0.2) is 4.98 Å². The Kier molecular flexibility index (Phi) is 9.96. The number of hydrogen-bond donors (Lipinski definition) is 1. The molecule has 1 saturated carbocycles. The number of fused-ring (bicyclic) bond motifs is 4. The number of piperidine rings is 3. The summed E-state index contributed by atoms with van der Waals surface area (Å²) >= 11 is 1.64. The maximum Gasteiger partial charge on any atom is 0.224 e. The van der Waals surface area contributed by atoms with Gasteiger partial charge in [0.2, 0.25) is 5.91 Å². The zero-order valence-corrected chi connectivity index (χ0v) is 26.2. The average Bonchev–Trinajstić information content (AvgIpc) is 3.41. The lowest BCUT2D eigenvalue weighted by Gasteiger charge is -2.47. The number of carbonyl (C=O) groups is 3. The highest BCUT2D eigenvalue weighted by atomic mass is 32.1. The van der Waals surface area contributed by atoms with E-state index in [2.05, 4.69) is 42.3 Å². The van der Waals surface area contributed by atoms with Gasteiger partial charge in [-0.3, -0.25) is 14.4 Å². The van der Waals surface area contributed by atoms with Gasteiger partial charge >= 0.3 is 0 Å². The van der Waals surface area contributed by atoms with Crippen LogP contribution >= 0.6 is 11.3 Å². The Labute approximate surface area is 250 Å². The van der Waals surface area contributed by atoms with Crippen molar-refractivity contribution >= 4 is 39.0 Å². The maximum absolute atomic E-state index is 13.9. The summed E-state index contributed by atoms with van der Waals surface area (Å²) in [6.07, 6.45) is 11.2. The van der Waals surface area contributed by atoms with E-state index in [-0.39, 0.29) is 29.6 Å². The van der Waals surface area contributed by atoms with Gasteiger partial charge in [-0.15, -0.1) is 11.3 Å². The first-order chi connectivity index (χ1) is 19.8. The Morgan fingerprint density at radius 2 is 1.78 bits per heavy atom. The topological polar surface area (TPSA) is 79.4 Å². The molecule has 3 saturated heterocycles. The number of nitrogens with zero attached hydrogens (tertiary/aromatic N) is 2. The van der Waals surface area contributed by atoms with E-state index in [4.69, 9.17) is 4.98 Å². The molecule has 2 atom stereocenters. The van der Waals surface area contributed by atoms with Crippen LogP contribution < -0.4 is 5.32 Å². The van der Waals surface area contributed by atoms with Crippen molar-refractivity contribution in [3.8, 4) is 0 Å². The van der Waals surface area contributed by atoms with E-state index in [1.54, 1.807) is 11.3 Å². The number of aromatic nitrogens is 1. The molecule has 0 spiro atoms. The van der Waals surface area contributed by atoms with Crippen molar-refractivity contribution in [1.82, 2.24) is 15.2 Å². The third kappa shape index (κ3) is 7.27. The van der Waals surface area contributed by atoms with Crippen molar-refractivity contribution in [3.63, 3.8) is 0 Å². The van der Waals surface area contributed by atoms with Crippen LogP contribution in [0, 0.1) is 17.3 Å². The number of rotatable bonds is 13. The Hall–Kier alpha value is -2.12. The zero-order chi connectivity index (χ0) is 29.0. The molecule has 6 nitrogen and oxygen atoms in total. The Morgan fingerprint density at radius 1 is 1.07 bits per heavy atom. The molecule has 0 unspecified atom stereocenters. The normalized spacial score (nSPS) is 24.4. The Balaban J connectivity index is 1.29. The monoisotopic (exact) mass is 579 g/mol. The molecule has 4 heterocycles. The first-order valence-electron chi connectivity index (χ1n) is 16.2. The molecule has 1 aromatic heterocycles. The van der Waals surface area contributed by atoms with E-state index in [0.29, 0.717) is 43.3 Å². The molecule has 2 aromatic rings. The number of benzene rings is 1. The van der Waals surface area contributed by atoms with Crippen molar-refractivity contribution in [1.29, 1.82) is 0 Å². The molecule has 1 N–H and O–H groups in total. The highest BCUT2D eigenvalue weighted by molar-refractivity contribution is 7.18. The summed E-state index contributed by atoms with van der Waals surface area (Å²) < 4.78 is 1.14. The highest BCUT2D eigenvalue weighted by Crippen LogP contribution is 2.42. The number of carbonyl (C=O) groups excluding carboxylic acids is 3. The Morgan fingerprint density at radius 3 is 2.44 bits per heavy atom. The number of nitrogens with one attached hydrogen (secondary N) is 1. The second-order valence-electron chi connectivity index (χ2n) is 13.3. The number of hydrogen-bond acceptors (Lipinski definition) is 6. The molecule has 4 aliphatic rings. The number of ketones is 2. The second-order valence-corrected chi connectivity index (χ2v) is 14.4. The van der Waals surface area contributed by atoms with E-state index in [0.717, 1.165) is 67.0 Å². The SMILES string of the molecule is CCC(=O)C[C@@H](Cc1nc2ccc(C(C)C)cc2s1)C(=O)N[C@H](CCC(=O)C12CCN(CC1)CC2)C1CCCCC1. The molecule has 7 heteroatoms. The summed E-state index contributed by atoms with van der Waals surface area (Å²) in [4.78, 5) is 47.4. The van der Waals surface area contributed by atoms with Crippen molar-refractivity contribution in [2.24, 2.45) is 17.3 Å². The van der Waals surface area contributed by atoms with E-state index >= 15 is 0 Å². The van der Waals surface area contributed by atoms with Gasteiger partial charge in [0.25, 0.3) is 0 Å². The molecule has 1 aromatic carbocycles. The average molecular weight is 580 g/mol. The lowest BCUT2D eigenvalue weighted by molar-refractivity contribution is -0.136. The third-order valence-electron chi connectivity index (χ3n) is 10.3. The van der Waals surface area contributed by atoms with Crippen LogP contribution in [-0.4, -0.2) is 53.0 Å². The van der Waals surface area contributed by atoms with E-state index in [1.165, 1.54) is 24.8 Å². The van der Waals surface area contributed by atoms with Gasteiger partial charge in [0, 0.05) is 37.1 Å². The van der Waals surface area contributed by atoms with Crippen LogP contribution in [0.2, 0.25) is 0 Å². The molecular weight excluding hydrogens is 530 g/mol. The minimum atomic E-state index is -0.435. The molecule has 6 rings (SSSR count). The summed E-state index contributed by atoms with van der Waals surface area (Å²) in [5.74, 6) is 0.905. The predicted octanol–water partition coefficient (Wildman–Crippen LogP) is 6.85. The quantitative estimate of drug-likeness (QED) is 0.281. The molecule has 41 heavy (non-hydrogen) atoms. The number of amides is 1. The van der Waals surface area contributed by atoms with Gasteiger partial charge in [0.15, 0.2) is 0 Å². The molecule has 3 aliphatic heterocycles. The van der Waals surface area contributed by atoms with E-state index in [1.807, 2.05) is 6.92 Å². The van der Waals surface area contributed by atoms with Gasteiger partial charge in [0.1, 0.15) is 11.6 Å². The van der Waals surface area contributed by atoms with Gasteiger partial charge in [0.05, 0.1) is 21.1 Å². The van der Waals surface area contributed by atoms with Crippen molar-refractivity contribution in [2.75, 3.05) is 19.6 Å². The lowest BCUT2D eigenvalue weighted by atomic mass is 9.67. The molecule has 0 radical (unpaired) electrons. The summed E-state index contributed by atoms with van der Waals surface area (Å²) in [6.45, 7) is 9.39. The van der Waals surface area contributed by atoms with E-state index in [9.17, 15) is 14.4 Å². The van der Waals surface area contributed by atoms with Crippen LogP contribution in [0.3, 0.4) is 0 Å². The van der Waals surface area contributed by atoms with Gasteiger partial charge in [-0.1, -0.05) is 46.1 Å². The van der Waals surface area contributed by atoms with Crippen LogP contribution in [0.25, 0.3) is 10.2 Å². The Bertz CT molecular complexity index is 1210. The predicted molar refractivity (Wildman–Crippen MR) is 166 cm³/mol. The summed E-state index contributed by atoms with van der Waals surface area (Å²) in [7, 11) is 0. The minimum absolute atomic E-state index is 0.00461. The first kappa shape index (κ1) is 30.3. The summed E-state index contributed by atoms with van der Waals surface area (Å²) in [5.41, 5.74) is 2.11. The minimum Gasteiger partial charge on any atom is -0.353 e. The maximum atomic E-state index is 13.9. The zero-order valence-electron chi connectivity index (χ0n) is 25.4. The molecule has 2 bridgehead atoms. The van der Waals surface area contributed by atoms with Gasteiger partial charge in [-0.05, 0) is 87.7 Å². The summed E-state index contributed by atoms with van der Waals surface area (Å²) in [5, 5.41) is 4.33. The largest absolute Gasteiger partial charge is 0.353 e. The smallest absolute Gasteiger partial charge is 0.224 e. The number of thiazole rings is 1. The fourth-order valence-electron chi connectivity index (χ4n) is 7.38. The highest BCUT2D eigenvalue weighted by Gasteiger charge is 2.44. The fraction of sp³-hybridized carbons (Fsp3) is 0.706.